The van der Waals surface area contributed by atoms with Crippen LogP contribution in [0.5, 0.6) is 0 Å². The molecule has 80 valence electrons. The van der Waals surface area contributed by atoms with Crippen LogP contribution in [0.1, 0.15) is 11.1 Å². The van der Waals surface area contributed by atoms with Gasteiger partial charge in [-0.25, -0.2) is 9.63 Å². The molecule has 0 spiro atoms. The summed E-state index contributed by atoms with van der Waals surface area (Å²) in [6.45, 7) is 7.40. The van der Waals surface area contributed by atoms with E-state index < -0.39 is 11.0 Å². The second-order valence-corrected chi connectivity index (χ2v) is 4.03. The van der Waals surface area contributed by atoms with Gasteiger partial charge in [-0.05, 0) is 30.3 Å². The van der Waals surface area contributed by atoms with E-state index in [1.165, 1.54) is 0 Å². The van der Waals surface area contributed by atoms with Crippen LogP contribution in [-0.2, 0) is 11.0 Å². The van der Waals surface area contributed by atoms with Crippen molar-refractivity contribution in [3.8, 4) is 0 Å². The third-order valence-electron chi connectivity index (χ3n) is 1.91. The maximum absolute atomic E-state index is 11.6. The highest BCUT2D eigenvalue weighted by Gasteiger charge is 2.04. The van der Waals surface area contributed by atoms with Gasteiger partial charge in [-0.2, -0.15) is 4.83 Å². The summed E-state index contributed by atoms with van der Waals surface area (Å²) in [5.41, 5.74) is 4.54. The van der Waals surface area contributed by atoms with Crippen molar-refractivity contribution in [2.24, 2.45) is 0 Å². The predicted molar refractivity (Wildman–Crippen MR) is 65.2 cm³/mol. The van der Waals surface area contributed by atoms with Gasteiger partial charge < -0.3 is 0 Å². The fourth-order valence-electron chi connectivity index (χ4n) is 1.18. The minimum Gasteiger partial charge on any atom is -0.249 e. The number of hydrogen-bond donors (Lipinski definition) is 2. The Hall–Kier alpha value is -1.23. The van der Waals surface area contributed by atoms with E-state index in [0.29, 0.717) is 4.90 Å². The summed E-state index contributed by atoms with van der Waals surface area (Å²) in [4.78, 5) is 3.31. The molecule has 0 bridgehead atoms. The Morgan fingerprint density at radius 3 is 2.47 bits per heavy atom. The van der Waals surface area contributed by atoms with Crippen molar-refractivity contribution in [3.05, 3.63) is 42.5 Å². The average Bonchev–Trinajstić information content (AvgIpc) is 2.28. The van der Waals surface area contributed by atoms with Gasteiger partial charge in [0.15, 0.2) is 0 Å². The number of hydrogen-bond acceptors (Lipinski definition) is 2. The van der Waals surface area contributed by atoms with E-state index in [9.17, 15) is 4.21 Å². The lowest BCUT2D eigenvalue weighted by Gasteiger charge is -2.06. The molecule has 1 rings (SSSR count). The van der Waals surface area contributed by atoms with Crippen molar-refractivity contribution >= 4 is 23.1 Å². The monoisotopic (exact) mass is 222 g/mol. The first kappa shape index (κ1) is 11.8. The third-order valence-corrected chi connectivity index (χ3v) is 2.98. The highest BCUT2D eigenvalue weighted by Crippen LogP contribution is 2.16. The lowest BCUT2D eigenvalue weighted by atomic mass is 10.1. The SMILES string of the molecule is C=Cc1ccc(S(=O)NNC)cc1C=C. The second kappa shape index (κ2) is 5.60. The summed E-state index contributed by atoms with van der Waals surface area (Å²) < 4.78 is 11.6. The molecule has 0 fully saturated rings. The summed E-state index contributed by atoms with van der Waals surface area (Å²) in [5.74, 6) is 0. The quantitative estimate of drug-likeness (QED) is 0.745. The van der Waals surface area contributed by atoms with Crippen molar-refractivity contribution in [2.45, 2.75) is 4.90 Å². The van der Waals surface area contributed by atoms with Crippen LogP contribution in [0, 0.1) is 0 Å². The molecule has 0 aliphatic carbocycles. The standard InChI is InChI=1S/C11H14N2OS/c1-4-9-6-7-11(8-10(9)5-2)15(14)13-12-3/h4-8,12-13H,1-2H2,3H3. The Labute approximate surface area is 92.5 Å². The smallest absolute Gasteiger partial charge is 0.138 e. The molecule has 15 heavy (non-hydrogen) atoms. The maximum atomic E-state index is 11.6. The van der Waals surface area contributed by atoms with E-state index in [1.54, 1.807) is 25.3 Å². The Bertz CT molecular complexity index is 402. The molecular weight excluding hydrogens is 208 g/mol. The zero-order chi connectivity index (χ0) is 11.3. The van der Waals surface area contributed by atoms with Crippen LogP contribution >= 0.6 is 0 Å². The topological polar surface area (TPSA) is 41.1 Å². The molecule has 1 aromatic rings. The van der Waals surface area contributed by atoms with E-state index in [1.807, 2.05) is 12.1 Å². The predicted octanol–water partition coefficient (Wildman–Crippen LogP) is 1.72. The van der Waals surface area contributed by atoms with Crippen molar-refractivity contribution in [1.29, 1.82) is 0 Å². The van der Waals surface area contributed by atoms with Gasteiger partial charge in [0, 0.05) is 0 Å². The highest BCUT2D eigenvalue weighted by atomic mass is 32.2. The second-order valence-electron chi connectivity index (χ2n) is 2.82. The fraction of sp³-hybridized carbons (Fsp3) is 0.0909. The Balaban J connectivity index is 3.07. The molecule has 0 aliphatic rings. The molecule has 1 unspecified atom stereocenters. The van der Waals surface area contributed by atoms with Crippen molar-refractivity contribution in [3.63, 3.8) is 0 Å². The van der Waals surface area contributed by atoms with E-state index in [0.717, 1.165) is 11.1 Å². The van der Waals surface area contributed by atoms with Crippen LogP contribution in [0.15, 0.2) is 36.3 Å². The molecule has 0 amide bonds. The third kappa shape index (κ3) is 2.86. The Morgan fingerprint density at radius 1 is 1.27 bits per heavy atom. The fourth-order valence-corrected chi connectivity index (χ4v) is 1.91. The summed E-state index contributed by atoms with van der Waals surface area (Å²) >= 11 is 0. The van der Waals surface area contributed by atoms with Gasteiger partial charge in [-0.1, -0.05) is 31.4 Å². The molecule has 3 nitrogen and oxygen atoms in total. The van der Waals surface area contributed by atoms with Gasteiger partial charge in [0.25, 0.3) is 0 Å². The summed E-state index contributed by atoms with van der Waals surface area (Å²) in [6, 6.07) is 5.49. The van der Waals surface area contributed by atoms with Gasteiger partial charge >= 0.3 is 0 Å². The van der Waals surface area contributed by atoms with Crippen LogP contribution in [0.4, 0.5) is 0 Å². The van der Waals surface area contributed by atoms with Crippen LogP contribution in [0.25, 0.3) is 12.2 Å². The summed E-state index contributed by atoms with van der Waals surface area (Å²) in [6.07, 6.45) is 3.46. The number of nitrogens with one attached hydrogen (secondary N) is 2. The zero-order valence-electron chi connectivity index (χ0n) is 8.62. The normalized spacial score (nSPS) is 12.1. The summed E-state index contributed by atoms with van der Waals surface area (Å²) in [5, 5.41) is 0. The van der Waals surface area contributed by atoms with E-state index in [-0.39, 0.29) is 0 Å². The first-order chi connectivity index (χ1) is 7.22. The van der Waals surface area contributed by atoms with Crippen LogP contribution in [-0.4, -0.2) is 11.3 Å². The highest BCUT2D eigenvalue weighted by molar-refractivity contribution is 7.83. The number of rotatable bonds is 5. The molecule has 4 heteroatoms. The van der Waals surface area contributed by atoms with E-state index >= 15 is 0 Å². The van der Waals surface area contributed by atoms with Gasteiger partial charge in [-0.15, -0.1) is 0 Å². The molecule has 0 radical (unpaired) electrons. The van der Waals surface area contributed by atoms with Crippen LogP contribution in [0.2, 0.25) is 0 Å². The van der Waals surface area contributed by atoms with Gasteiger partial charge in [0.1, 0.15) is 11.0 Å². The summed E-state index contributed by atoms with van der Waals surface area (Å²) in [7, 11) is 0.422. The van der Waals surface area contributed by atoms with E-state index in [4.69, 9.17) is 0 Å². The minimum atomic E-state index is -1.25. The number of benzene rings is 1. The zero-order valence-corrected chi connectivity index (χ0v) is 9.43. The average molecular weight is 222 g/mol. The molecule has 0 saturated heterocycles. The van der Waals surface area contributed by atoms with Crippen LogP contribution < -0.4 is 10.3 Å². The van der Waals surface area contributed by atoms with Gasteiger partial charge in [-0.3, -0.25) is 0 Å². The Morgan fingerprint density at radius 2 is 1.93 bits per heavy atom. The van der Waals surface area contributed by atoms with E-state index in [2.05, 4.69) is 23.4 Å². The van der Waals surface area contributed by atoms with Crippen LogP contribution in [0.3, 0.4) is 0 Å². The molecule has 1 atom stereocenters. The molecule has 0 aliphatic heterocycles. The molecule has 0 saturated carbocycles. The molecule has 0 heterocycles. The first-order valence-corrected chi connectivity index (χ1v) is 5.61. The van der Waals surface area contributed by atoms with Crippen molar-refractivity contribution < 1.29 is 4.21 Å². The van der Waals surface area contributed by atoms with Crippen molar-refractivity contribution in [1.82, 2.24) is 10.3 Å². The minimum absolute atomic E-state index is 0.699. The molecule has 2 N–H and O–H groups in total. The molecule has 0 aromatic heterocycles. The van der Waals surface area contributed by atoms with Crippen molar-refractivity contribution in [2.75, 3.05) is 7.05 Å². The lowest BCUT2D eigenvalue weighted by molar-refractivity contribution is 0.659. The maximum Gasteiger partial charge on any atom is 0.138 e. The molecule has 1 aromatic carbocycles. The largest absolute Gasteiger partial charge is 0.249 e. The first-order valence-electron chi connectivity index (χ1n) is 4.46. The van der Waals surface area contributed by atoms with Gasteiger partial charge in [0.2, 0.25) is 0 Å². The van der Waals surface area contributed by atoms with Gasteiger partial charge in [0.05, 0.1) is 4.90 Å². The lowest BCUT2D eigenvalue weighted by Crippen LogP contribution is -2.29. The Kier molecular flexibility index (Phi) is 4.42. The number of hydrazine groups is 1. The molecular formula is C11H14N2OS.